The van der Waals surface area contributed by atoms with E-state index in [0.29, 0.717) is 18.1 Å². The van der Waals surface area contributed by atoms with Crippen LogP contribution in [0.4, 0.5) is 0 Å². The molecular weight excluding hydrogens is 390 g/mol. The summed E-state index contributed by atoms with van der Waals surface area (Å²) in [5.41, 5.74) is 3.18. The molecule has 1 N–H and O–H groups in total. The number of nitrogens with one attached hydrogen (secondary N) is 1. The Labute approximate surface area is 174 Å². The molecule has 0 aliphatic heterocycles. The summed E-state index contributed by atoms with van der Waals surface area (Å²) >= 11 is 0. The summed E-state index contributed by atoms with van der Waals surface area (Å²) in [7, 11) is -2.59. The molecule has 0 atom stereocenters. The normalized spacial score (nSPS) is 20.3. The SMILES string of the molecule is CCC(=O)C1CCC(CCc2ccc(S(=O)(=O)C(C)(C)C(=O)NOC)cc2)CC1. The maximum atomic E-state index is 12.9. The number of benzene rings is 1. The summed E-state index contributed by atoms with van der Waals surface area (Å²) in [4.78, 5) is 28.6. The molecule has 29 heavy (non-hydrogen) atoms. The second kappa shape index (κ2) is 9.85. The van der Waals surface area contributed by atoms with Gasteiger partial charge in [0, 0.05) is 12.3 Å². The molecule has 1 aromatic rings. The van der Waals surface area contributed by atoms with Crippen molar-refractivity contribution in [1.29, 1.82) is 0 Å². The van der Waals surface area contributed by atoms with Gasteiger partial charge in [-0.15, -0.1) is 0 Å². The van der Waals surface area contributed by atoms with Gasteiger partial charge in [-0.05, 0) is 76.0 Å². The number of hydrogen-bond donors (Lipinski definition) is 1. The van der Waals surface area contributed by atoms with Crippen LogP contribution in [0.1, 0.15) is 64.9 Å². The van der Waals surface area contributed by atoms with Crippen molar-refractivity contribution in [2.75, 3.05) is 7.11 Å². The third-order valence-electron chi connectivity index (χ3n) is 6.14. The zero-order valence-electron chi connectivity index (χ0n) is 17.9. The summed E-state index contributed by atoms with van der Waals surface area (Å²) in [6.07, 6.45) is 6.72. The maximum Gasteiger partial charge on any atom is 0.264 e. The lowest BCUT2D eigenvalue weighted by molar-refractivity contribution is -0.133. The van der Waals surface area contributed by atoms with Crippen molar-refractivity contribution in [3.8, 4) is 0 Å². The van der Waals surface area contributed by atoms with Gasteiger partial charge in [0.2, 0.25) is 0 Å². The van der Waals surface area contributed by atoms with E-state index >= 15 is 0 Å². The van der Waals surface area contributed by atoms with E-state index in [-0.39, 0.29) is 10.8 Å². The van der Waals surface area contributed by atoms with Crippen molar-refractivity contribution in [3.05, 3.63) is 29.8 Å². The molecule has 1 fully saturated rings. The van der Waals surface area contributed by atoms with Crippen molar-refractivity contribution >= 4 is 21.5 Å². The molecule has 162 valence electrons. The Bertz CT molecular complexity index is 806. The molecule has 0 aromatic heterocycles. The van der Waals surface area contributed by atoms with Crippen molar-refractivity contribution < 1.29 is 22.8 Å². The van der Waals surface area contributed by atoms with Crippen LogP contribution >= 0.6 is 0 Å². The van der Waals surface area contributed by atoms with E-state index in [1.807, 2.05) is 19.1 Å². The van der Waals surface area contributed by atoms with E-state index in [0.717, 1.165) is 44.1 Å². The lowest BCUT2D eigenvalue weighted by Gasteiger charge is -2.27. The van der Waals surface area contributed by atoms with Gasteiger partial charge in [0.25, 0.3) is 5.91 Å². The number of amides is 1. The number of aryl methyl sites for hydroxylation is 1. The minimum absolute atomic E-state index is 0.121. The lowest BCUT2D eigenvalue weighted by Crippen LogP contribution is -2.47. The quantitative estimate of drug-likeness (QED) is 0.613. The molecule has 0 bridgehead atoms. The van der Waals surface area contributed by atoms with Gasteiger partial charge in [-0.3, -0.25) is 14.4 Å². The topological polar surface area (TPSA) is 89.5 Å². The highest BCUT2D eigenvalue weighted by Crippen LogP contribution is 2.33. The smallest absolute Gasteiger partial charge is 0.264 e. The molecule has 7 heteroatoms. The van der Waals surface area contributed by atoms with Gasteiger partial charge < -0.3 is 0 Å². The van der Waals surface area contributed by atoms with Crippen LogP contribution in [0.3, 0.4) is 0 Å². The molecule has 1 saturated carbocycles. The summed E-state index contributed by atoms with van der Waals surface area (Å²) in [5, 5.41) is 0. The summed E-state index contributed by atoms with van der Waals surface area (Å²) in [6.45, 7) is 4.66. The summed E-state index contributed by atoms with van der Waals surface area (Å²) < 4.78 is 24.1. The zero-order valence-corrected chi connectivity index (χ0v) is 18.7. The Morgan fingerprint density at radius 2 is 1.69 bits per heavy atom. The molecule has 0 saturated heterocycles. The number of hydroxylamine groups is 1. The predicted octanol–water partition coefficient (Wildman–Crippen LogP) is 3.63. The van der Waals surface area contributed by atoms with E-state index in [4.69, 9.17) is 0 Å². The molecule has 0 radical (unpaired) electrons. The molecule has 0 unspecified atom stereocenters. The Balaban J connectivity index is 1.95. The van der Waals surface area contributed by atoms with Gasteiger partial charge in [-0.2, -0.15) is 0 Å². The minimum Gasteiger partial charge on any atom is -0.299 e. The maximum absolute atomic E-state index is 12.9. The van der Waals surface area contributed by atoms with Gasteiger partial charge in [-0.1, -0.05) is 19.1 Å². The molecular formula is C22H33NO5S. The second-order valence-electron chi connectivity index (χ2n) is 8.37. The van der Waals surface area contributed by atoms with Crippen molar-refractivity contribution in [2.45, 2.75) is 75.4 Å². The van der Waals surface area contributed by atoms with Crippen LogP contribution in [0.25, 0.3) is 0 Å². The molecule has 2 rings (SSSR count). The number of ketones is 1. The average Bonchev–Trinajstić information content (AvgIpc) is 2.72. The van der Waals surface area contributed by atoms with E-state index in [2.05, 4.69) is 10.3 Å². The number of sulfone groups is 1. The highest BCUT2D eigenvalue weighted by Gasteiger charge is 2.43. The average molecular weight is 424 g/mol. The van der Waals surface area contributed by atoms with Crippen LogP contribution < -0.4 is 5.48 Å². The largest absolute Gasteiger partial charge is 0.299 e. The first-order valence-electron chi connectivity index (χ1n) is 10.3. The van der Waals surface area contributed by atoms with E-state index in [1.54, 1.807) is 12.1 Å². The van der Waals surface area contributed by atoms with Gasteiger partial charge in [0.1, 0.15) is 5.78 Å². The molecule has 1 amide bonds. The molecule has 1 aliphatic carbocycles. The third kappa shape index (κ3) is 5.45. The van der Waals surface area contributed by atoms with Crippen molar-refractivity contribution in [1.82, 2.24) is 5.48 Å². The van der Waals surface area contributed by atoms with Crippen LogP contribution in [0.2, 0.25) is 0 Å². The van der Waals surface area contributed by atoms with Crippen LogP contribution in [0.15, 0.2) is 29.2 Å². The highest BCUT2D eigenvalue weighted by molar-refractivity contribution is 7.93. The monoisotopic (exact) mass is 423 g/mol. The third-order valence-corrected chi connectivity index (χ3v) is 8.56. The molecule has 1 aliphatic rings. The fourth-order valence-corrected chi connectivity index (χ4v) is 5.27. The van der Waals surface area contributed by atoms with Gasteiger partial charge >= 0.3 is 0 Å². The molecule has 6 nitrogen and oxygen atoms in total. The van der Waals surface area contributed by atoms with Crippen molar-refractivity contribution in [3.63, 3.8) is 0 Å². The van der Waals surface area contributed by atoms with Crippen molar-refractivity contribution in [2.24, 2.45) is 11.8 Å². The number of rotatable bonds is 9. The first-order valence-corrected chi connectivity index (χ1v) is 11.8. The number of carbonyl (C=O) groups excluding carboxylic acids is 2. The summed E-state index contributed by atoms with van der Waals surface area (Å²) in [6, 6.07) is 6.79. The fraction of sp³-hybridized carbons (Fsp3) is 0.636. The first kappa shape index (κ1) is 23.5. The summed E-state index contributed by atoms with van der Waals surface area (Å²) in [5.74, 6) is 0.555. The second-order valence-corrected chi connectivity index (χ2v) is 10.9. The molecule has 0 heterocycles. The number of Topliss-reactive ketones (excluding diaryl/α,β-unsaturated/α-hetero) is 1. The van der Waals surface area contributed by atoms with E-state index in [9.17, 15) is 18.0 Å². The number of carbonyl (C=O) groups is 2. The standard InChI is InChI=1S/C22H33NO5S/c1-5-20(24)18-12-8-16(9-13-18)6-7-17-10-14-19(15-11-17)29(26,27)22(2,3)21(25)23-28-4/h10-11,14-16,18H,5-9,12-13H2,1-4H3,(H,23,25). The Kier molecular flexibility index (Phi) is 8.00. The highest BCUT2D eigenvalue weighted by atomic mass is 32.2. The van der Waals surface area contributed by atoms with Crippen LogP contribution in [0, 0.1) is 11.8 Å². The van der Waals surface area contributed by atoms with Gasteiger partial charge in [0.15, 0.2) is 14.6 Å². The fourth-order valence-electron chi connectivity index (χ4n) is 3.90. The van der Waals surface area contributed by atoms with Gasteiger partial charge in [-0.25, -0.2) is 13.9 Å². The van der Waals surface area contributed by atoms with E-state index < -0.39 is 20.5 Å². The Morgan fingerprint density at radius 3 is 2.21 bits per heavy atom. The van der Waals surface area contributed by atoms with Crippen LogP contribution in [-0.2, 0) is 30.7 Å². The zero-order chi connectivity index (χ0) is 21.7. The molecule has 1 aromatic carbocycles. The minimum atomic E-state index is -3.85. The Hall–Kier alpha value is -1.73. The predicted molar refractivity (Wildman–Crippen MR) is 112 cm³/mol. The van der Waals surface area contributed by atoms with E-state index in [1.165, 1.54) is 21.0 Å². The Morgan fingerprint density at radius 1 is 1.10 bits per heavy atom. The van der Waals surface area contributed by atoms with Crippen LogP contribution in [-0.4, -0.2) is 32.0 Å². The lowest BCUT2D eigenvalue weighted by atomic mass is 9.77. The molecule has 0 spiro atoms. The number of hydrogen-bond acceptors (Lipinski definition) is 5. The first-order chi connectivity index (χ1) is 13.6. The van der Waals surface area contributed by atoms with Gasteiger partial charge in [0.05, 0.1) is 12.0 Å². The van der Waals surface area contributed by atoms with Crippen LogP contribution in [0.5, 0.6) is 0 Å².